The Morgan fingerprint density at radius 2 is 1.90 bits per heavy atom. The molecule has 148 valence electrons. The number of nitrogen functional groups attached to an aromatic ring is 1. The number of anilines is 2. The minimum absolute atomic E-state index is 0.106. The van der Waals surface area contributed by atoms with Gasteiger partial charge in [0, 0.05) is 30.1 Å². The first-order valence-electron chi connectivity index (χ1n) is 8.95. The molecule has 0 aliphatic heterocycles. The fraction of sp³-hybridized carbons (Fsp3) is 0.150. The van der Waals surface area contributed by atoms with Crippen LogP contribution in [0.25, 0.3) is 16.9 Å². The Morgan fingerprint density at radius 3 is 2.66 bits per heavy atom. The number of nitrogens with two attached hydrogens (primary N) is 1. The van der Waals surface area contributed by atoms with Gasteiger partial charge >= 0.3 is 0 Å². The van der Waals surface area contributed by atoms with Gasteiger partial charge in [-0.05, 0) is 44.2 Å². The molecule has 4 aromatic rings. The zero-order valence-electron chi connectivity index (χ0n) is 15.8. The van der Waals surface area contributed by atoms with Crippen LogP contribution in [0.3, 0.4) is 0 Å². The molecule has 0 unspecified atom stereocenters. The van der Waals surface area contributed by atoms with Crippen molar-refractivity contribution in [3.05, 3.63) is 60.1 Å². The van der Waals surface area contributed by atoms with Crippen molar-refractivity contribution in [1.82, 2.24) is 19.6 Å². The third-order valence-corrected chi connectivity index (χ3v) is 4.30. The van der Waals surface area contributed by atoms with E-state index in [1.165, 1.54) is 6.07 Å². The number of benzene rings is 2. The van der Waals surface area contributed by atoms with E-state index in [0.29, 0.717) is 46.5 Å². The number of aryl methyl sites for hydroxylation is 1. The minimum Gasteiger partial charge on any atom is -0.454 e. The number of nitrogens with one attached hydrogen (secondary N) is 1. The van der Waals surface area contributed by atoms with Crippen LogP contribution in [0.5, 0.6) is 11.5 Å². The van der Waals surface area contributed by atoms with Gasteiger partial charge in [-0.3, -0.25) is 4.40 Å². The summed E-state index contributed by atoms with van der Waals surface area (Å²) in [7, 11) is 0. The summed E-state index contributed by atoms with van der Waals surface area (Å²) in [5.74, 6) is -0.0432. The second-order valence-electron chi connectivity index (χ2n) is 6.38. The van der Waals surface area contributed by atoms with Crippen molar-refractivity contribution in [3.8, 4) is 22.8 Å². The fourth-order valence-electron chi connectivity index (χ4n) is 2.94. The molecular weight excluding hydrogens is 378 g/mol. The lowest BCUT2D eigenvalue weighted by Gasteiger charge is -2.14. The number of ether oxygens (including phenoxy) is 1. The third-order valence-electron chi connectivity index (χ3n) is 4.30. The van der Waals surface area contributed by atoms with Crippen LogP contribution in [0, 0.1) is 18.6 Å². The van der Waals surface area contributed by atoms with Crippen LogP contribution in [0.2, 0.25) is 0 Å². The van der Waals surface area contributed by atoms with Gasteiger partial charge in [0.25, 0.3) is 0 Å². The standard InChI is InChI=1S/C20H18F2N6O/c1-3-24-19-20-27-26-11(2)28(20)10-16(25-19)14-9-13(23)5-7-17(14)29-18-6-4-12(21)8-15(18)22/h4-10H,3,23H2,1-2H3,(H,24,25). The highest BCUT2D eigenvalue weighted by atomic mass is 19.1. The largest absolute Gasteiger partial charge is 0.454 e. The fourth-order valence-corrected chi connectivity index (χ4v) is 2.94. The quantitative estimate of drug-likeness (QED) is 0.492. The summed E-state index contributed by atoms with van der Waals surface area (Å²) in [5.41, 5.74) is 8.12. The number of hydrogen-bond acceptors (Lipinski definition) is 6. The predicted molar refractivity (Wildman–Crippen MR) is 106 cm³/mol. The number of rotatable bonds is 5. The van der Waals surface area contributed by atoms with Crippen molar-refractivity contribution in [2.24, 2.45) is 0 Å². The van der Waals surface area contributed by atoms with E-state index in [0.717, 1.165) is 12.1 Å². The number of halogens is 2. The second kappa shape index (κ2) is 7.34. The van der Waals surface area contributed by atoms with Crippen LogP contribution in [0.1, 0.15) is 12.7 Å². The predicted octanol–water partition coefficient (Wildman–Crippen LogP) is 4.18. The van der Waals surface area contributed by atoms with Crippen molar-refractivity contribution in [3.63, 3.8) is 0 Å². The average Bonchev–Trinajstić information content (AvgIpc) is 3.06. The summed E-state index contributed by atoms with van der Waals surface area (Å²) in [5, 5.41) is 11.4. The van der Waals surface area contributed by atoms with Gasteiger partial charge in [0.15, 0.2) is 17.4 Å². The van der Waals surface area contributed by atoms with E-state index in [2.05, 4.69) is 20.5 Å². The van der Waals surface area contributed by atoms with Crippen molar-refractivity contribution in [1.29, 1.82) is 0 Å². The van der Waals surface area contributed by atoms with Gasteiger partial charge in [-0.15, -0.1) is 10.2 Å². The highest BCUT2D eigenvalue weighted by Gasteiger charge is 2.16. The Hall–Kier alpha value is -3.75. The molecule has 0 atom stereocenters. The molecule has 7 nitrogen and oxygen atoms in total. The molecule has 0 saturated heterocycles. The van der Waals surface area contributed by atoms with Gasteiger partial charge in [0.2, 0.25) is 5.65 Å². The number of aromatic nitrogens is 4. The molecule has 2 aromatic heterocycles. The first-order valence-corrected chi connectivity index (χ1v) is 8.95. The summed E-state index contributed by atoms with van der Waals surface area (Å²) in [6, 6.07) is 8.05. The van der Waals surface area contributed by atoms with Crippen molar-refractivity contribution >= 4 is 17.2 Å². The molecule has 29 heavy (non-hydrogen) atoms. The maximum atomic E-state index is 14.1. The molecule has 4 rings (SSSR count). The first-order chi connectivity index (χ1) is 14.0. The lowest BCUT2D eigenvalue weighted by molar-refractivity contribution is 0.439. The Labute approximate surface area is 165 Å². The molecule has 2 heterocycles. The maximum Gasteiger partial charge on any atom is 0.203 e. The molecule has 0 aliphatic rings. The van der Waals surface area contributed by atoms with Crippen molar-refractivity contribution in [2.45, 2.75) is 13.8 Å². The molecule has 0 saturated carbocycles. The zero-order chi connectivity index (χ0) is 20.5. The minimum atomic E-state index is -0.806. The zero-order valence-corrected chi connectivity index (χ0v) is 15.8. The second-order valence-corrected chi connectivity index (χ2v) is 6.38. The normalized spacial score (nSPS) is 11.0. The summed E-state index contributed by atoms with van der Waals surface area (Å²) in [4.78, 5) is 4.63. The summed E-state index contributed by atoms with van der Waals surface area (Å²) < 4.78 is 34.8. The molecule has 0 spiro atoms. The van der Waals surface area contributed by atoms with E-state index in [-0.39, 0.29) is 5.75 Å². The van der Waals surface area contributed by atoms with Crippen LogP contribution >= 0.6 is 0 Å². The smallest absolute Gasteiger partial charge is 0.203 e. The molecule has 2 aromatic carbocycles. The monoisotopic (exact) mass is 396 g/mol. The first kappa shape index (κ1) is 18.6. The van der Waals surface area contributed by atoms with Gasteiger partial charge in [-0.25, -0.2) is 13.8 Å². The van der Waals surface area contributed by atoms with Crippen molar-refractivity contribution in [2.75, 3.05) is 17.6 Å². The highest BCUT2D eigenvalue weighted by molar-refractivity contribution is 5.75. The van der Waals surface area contributed by atoms with Crippen LogP contribution in [0.4, 0.5) is 20.3 Å². The van der Waals surface area contributed by atoms with E-state index in [1.54, 1.807) is 28.8 Å². The molecule has 0 aliphatic carbocycles. The Kier molecular flexibility index (Phi) is 4.71. The number of fused-ring (bicyclic) bond motifs is 1. The molecular formula is C20H18F2N6O. The van der Waals surface area contributed by atoms with E-state index in [1.807, 2.05) is 13.8 Å². The highest BCUT2D eigenvalue weighted by Crippen LogP contribution is 2.36. The Balaban J connectivity index is 1.86. The van der Waals surface area contributed by atoms with Gasteiger partial charge in [0.1, 0.15) is 17.4 Å². The lowest BCUT2D eigenvalue weighted by Crippen LogP contribution is -2.05. The number of nitrogens with zero attached hydrogens (tertiary/aromatic N) is 4. The molecule has 3 N–H and O–H groups in total. The van der Waals surface area contributed by atoms with E-state index < -0.39 is 11.6 Å². The third kappa shape index (κ3) is 3.54. The average molecular weight is 396 g/mol. The number of hydrogen-bond donors (Lipinski definition) is 2. The summed E-state index contributed by atoms with van der Waals surface area (Å²) >= 11 is 0. The Bertz CT molecular complexity index is 1210. The van der Waals surface area contributed by atoms with Crippen LogP contribution in [0.15, 0.2) is 42.6 Å². The van der Waals surface area contributed by atoms with E-state index >= 15 is 0 Å². The molecule has 0 bridgehead atoms. The molecule has 0 radical (unpaired) electrons. The van der Waals surface area contributed by atoms with E-state index in [9.17, 15) is 8.78 Å². The van der Waals surface area contributed by atoms with Gasteiger partial charge in [-0.1, -0.05) is 0 Å². The van der Waals surface area contributed by atoms with E-state index in [4.69, 9.17) is 10.5 Å². The summed E-state index contributed by atoms with van der Waals surface area (Å²) in [6.07, 6.45) is 1.76. The molecule has 9 heteroatoms. The van der Waals surface area contributed by atoms with Gasteiger partial charge in [-0.2, -0.15) is 0 Å². The molecule has 0 amide bonds. The van der Waals surface area contributed by atoms with Crippen LogP contribution in [-0.2, 0) is 0 Å². The van der Waals surface area contributed by atoms with Gasteiger partial charge in [0.05, 0.1) is 5.69 Å². The van der Waals surface area contributed by atoms with Crippen LogP contribution < -0.4 is 15.8 Å². The summed E-state index contributed by atoms with van der Waals surface area (Å²) in [6.45, 7) is 4.41. The molecule has 0 fully saturated rings. The topological polar surface area (TPSA) is 90.4 Å². The maximum absolute atomic E-state index is 14.1. The lowest BCUT2D eigenvalue weighted by atomic mass is 10.1. The van der Waals surface area contributed by atoms with Gasteiger partial charge < -0.3 is 15.8 Å². The van der Waals surface area contributed by atoms with Crippen LogP contribution in [-0.4, -0.2) is 26.1 Å². The Morgan fingerprint density at radius 1 is 1.10 bits per heavy atom. The SMILES string of the molecule is CCNc1nc(-c2cc(N)ccc2Oc2ccc(F)cc2F)cn2c(C)nnc12. The van der Waals surface area contributed by atoms with Crippen molar-refractivity contribution < 1.29 is 13.5 Å².